The number of benzene rings is 2. The molecule has 0 saturated heterocycles. The first-order valence-corrected chi connectivity index (χ1v) is 13.2. The zero-order chi connectivity index (χ0) is 22.4. The number of thioether (sulfide) groups is 2. The Labute approximate surface area is 194 Å². The Balaban J connectivity index is 1.99. The van der Waals surface area contributed by atoms with Gasteiger partial charge < -0.3 is 9.30 Å². The highest BCUT2D eigenvalue weighted by molar-refractivity contribution is 7.99. The van der Waals surface area contributed by atoms with Crippen LogP contribution in [0.1, 0.15) is 41.5 Å². The van der Waals surface area contributed by atoms with Gasteiger partial charge in [0.05, 0.1) is 22.4 Å². The van der Waals surface area contributed by atoms with E-state index in [-0.39, 0.29) is 11.9 Å². The molecule has 0 aliphatic heterocycles. The Morgan fingerprint density at radius 1 is 1.13 bits per heavy atom. The Kier molecular flexibility index (Phi) is 8.40. The maximum atomic E-state index is 12.9. The average Bonchev–Trinajstić information content (AvgIpc) is 3.08. The molecule has 0 aliphatic rings. The molecule has 1 aromatic heterocycles. The van der Waals surface area contributed by atoms with Gasteiger partial charge in [0.2, 0.25) is 0 Å². The number of hydrogen-bond donors (Lipinski definition) is 0. The molecule has 5 nitrogen and oxygen atoms in total. The van der Waals surface area contributed by atoms with Crippen LogP contribution in [0.3, 0.4) is 0 Å². The maximum absolute atomic E-state index is 12.9. The lowest BCUT2D eigenvalue weighted by atomic mass is 10.2. The van der Waals surface area contributed by atoms with Crippen molar-refractivity contribution in [2.75, 3.05) is 18.6 Å². The normalized spacial score (nSPS) is 12.0. The van der Waals surface area contributed by atoms with Gasteiger partial charge in [-0.2, -0.15) is 16.8 Å². The first-order valence-electron chi connectivity index (χ1n) is 10.1. The number of fused-ring (bicyclic) bond motifs is 1. The molecule has 0 unspecified atom stereocenters. The lowest BCUT2D eigenvalue weighted by molar-refractivity contribution is 0.0526. The molecule has 3 aromatic rings. The van der Waals surface area contributed by atoms with Gasteiger partial charge in [0.25, 0.3) is 5.91 Å². The molecule has 8 heteroatoms. The summed E-state index contributed by atoms with van der Waals surface area (Å²) in [6.07, 6.45) is 2.05. The minimum atomic E-state index is -0.345. The van der Waals surface area contributed by atoms with Crippen LogP contribution in [0.4, 0.5) is 0 Å². The van der Waals surface area contributed by atoms with Gasteiger partial charge in [0.15, 0.2) is 4.80 Å². The van der Waals surface area contributed by atoms with Crippen molar-refractivity contribution in [1.82, 2.24) is 4.57 Å². The number of hydrogen-bond acceptors (Lipinski definition) is 6. The number of esters is 1. The number of nitrogens with zero attached hydrogens (tertiary/aromatic N) is 2. The Morgan fingerprint density at radius 2 is 1.84 bits per heavy atom. The minimum Gasteiger partial charge on any atom is -0.462 e. The number of ether oxygens (including phenoxy) is 1. The summed E-state index contributed by atoms with van der Waals surface area (Å²) < 4.78 is 8.06. The zero-order valence-electron chi connectivity index (χ0n) is 18.1. The molecule has 1 heterocycles. The minimum absolute atomic E-state index is 0.267. The Bertz CT molecular complexity index is 1130. The van der Waals surface area contributed by atoms with Gasteiger partial charge in [0.1, 0.15) is 0 Å². The van der Waals surface area contributed by atoms with Crippen LogP contribution in [0.5, 0.6) is 0 Å². The fourth-order valence-corrected chi connectivity index (χ4v) is 5.29. The van der Waals surface area contributed by atoms with E-state index in [0.717, 1.165) is 27.4 Å². The van der Waals surface area contributed by atoms with E-state index in [0.29, 0.717) is 27.8 Å². The van der Waals surface area contributed by atoms with E-state index in [2.05, 4.69) is 18.8 Å². The second kappa shape index (κ2) is 11.0. The van der Waals surface area contributed by atoms with Crippen molar-refractivity contribution >= 4 is 57.0 Å². The van der Waals surface area contributed by atoms with Crippen molar-refractivity contribution in [2.45, 2.75) is 37.5 Å². The third kappa shape index (κ3) is 6.02. The highest BCUT2D eigenvalue weighted by atomic mass is 32.2. The molecule has 0 atom stereocenters. The van der Waals surface area contributed by atoms with Crippen LogP contribution in [0.2, 0.25) is 0 Å². The van der Waals surface area contributed by atoms with Crippen molar-refractivity contribution in [3.05, 3.63) is 58.4 Å². The molecule has 0 saturated carbocycles. The SMILES string of the molecule is CCOC(=O)c1ccc2c(c1)sc(=NC(=O)c1ccc(SC(C)C)cc1)n2CCSC. The second-order valence-corrected chi connectivity index (χ2v) is 10.7. The smallest absolute Gasteiger partial charge is 0.338 e. The summed E-state index contributed by atoms with van der Waals surface area (Å²) in [7, 11) is 0. The highest BCUT2D eigenvalue weighted by Gasteiger charge is 2.13. The summed E-state index contributed by atoms with van der Waals surface area (Å²) in [5.74, 6) is 0.284. The first-order chi connectivity index (χ1) is 14.9. The predicted molar refractivity (Wildman–Crippen MR) is 131 cm³/mol. The van der Waals surface area contributed by atoms with Crippen molar-refractivity contribution in [1.29, 1.82) is 0 Å². The quantitative estimate of drug-likeness (QED) is 0.319. The number of carbonyl (C=O) groups excluding carboxylic acids is 2. The summed E-state index contributed by atoms with van der Waals surface area (Å²) in [5.41, 5.74) is 2.03. The van der Waals surface area contributed by atoms with Gasteiger partial charge in [-0.05, 0) is 55.6 Å². The number of amides is 1. The standard InChI is InChI=1S/C23H26N2O3S3/c1-5-28-22(27)17-8-11-19-20(14-17)31-23(25(19)12-13-29-4)24-21(26)16-6-9-18(10-7-16)30-15(2)3/h6-11,14-15H,5,12-13H2,1-4H3. The Morgan fingerprint density at radius 3 is 2.48 bits per heavy atom. The summed E-state index contributed by atoms with van der Waals surface area (Å²) in [6.45, 7) is 7.13. The van der Waals surface area contributed by atoms with Crippen LogP contribution in [-0.4, -0.2) is 40.3 Å². The number of thiazole rings is 1. The van der Waals surface area contributed by atoms with E-state index in [4.69, 9.17) is 4.74 Å². The molecule has 0 aliphatic carbocycles. The number of carbonyl (C=O) groups is 2. The molecular weight excluding hydrogens is 448 g/mol. The molecule has 164 valence electrons. The summed E-state index contributed by atoms with van der Waals surface area (Å²) in [4.78, 5) is 31.2. The zero-order valence-corrected chi connectivity index (χ0v) is 20.5. The lowest BCUT2D eigenvalue weighted by Crippen LogP contribution is -2.18. The van der Waals surface area contributed by atoms with Crippen molar-refractivity contribution in [2.24, 2.45) is 4.99 Å². The molecule has 1 amide bonds. The topological polar surface area (TPSA) is 60.7 Å². The van der Waals surface area contributed by atoms with Gasteiger partial charge in [-0.25, -0.2) is 4.79 Å². The number of rotatable bonds is 8. The monoisotopic (exact) mass is 474 g/mol. The van der Waals surface area contributed by atoms with Crippen molar-refractivity contribution < 1.29 is 14.3 Å². The average molecular weight is 475 g/mol. The molecule has 2 aromatic carbocycles. The van der Waals surface area contributed by atoms with Crippen LogP contribution in [-0.2, 0) is 11.3 Å². The highest BCUT2D eigenvalue weighted by Crippen LogP contribution is 2.23. The Hall–Kier alpha value is -2.03. The van der Waals surface area contributed by atoms with E-state index in [1.54, 1.807) is 36.5 Å². The fraction of sp³-hybridized carbons (Fsp3) is 0.348. The van der Waals surface area contributed by atoms with Gasteiger partial charge >= 0.3 is 5.97 Å². The van der Waals surface area contributed by atoms with Crippen molar-refractivity contribution in [3.63, 3.8) is 0 Å². The van der Waals surface area contributed by atoms with E-state index in [1.165, 1.54) is 11.3 Å². The fourth-order valence-electron chi connectivity index (χ4n) is 3.00. The van der Waals surface area contributed by atoms with Gasteiger partial charge in [-0.1, -0.05) is 25.2 Å². The first kappa shape index (κ1) is 23.6. The molecule has 0 fully saturated rings. The molecule has 31 heavy (non-hydrogen) atoms. The van der Waals surface area contributed by atoms with E-state index in [1.807, 2.05) is 47.2 Å². The molecule has 0 N–H and O–H groups in total. The van der Waals surface area contributed by atoms with Crippen LogP contribution < -0.4 is 4.80 Å². The molecule has 0 spiro atoms. The maximum Gasteiger partial charge on any atom is 0.338 e. The van der Waals surface area contributed by atoms with Crippen LogP contribution in [0.25, 0.3) is 10.2 Å². The predicted octanol–water partition coefficient (Wildman–Crippen LogP) is 5.48. The summed E-state index contributed by atoms with van der Waals surface area (Å²) >= 11 is 4.91. The molecular formula is C23H26N2O3S3. The molecule has 3 rings (SSSR count). The molecule has 0 radical (unpaired) electrons. The number of aryl methyl sites for hydroxylation is 1. The van der Waals surface area contributed by atoms with Crippen molar-refractivity contribution in [3.8, 4) is 0 Å². The lowest BCUT2D eigenvalue weighted by Gasteiger charge is -2.06. The largest absolute Gasteiger partial charge is 0.462 e. The number of aromatic nitrogens is 1. The third-order valence-corrected chi connectivity index (χ3v) is 7.03. The van der Waals surface area contributed by atoms with E-state index >= 15 is 0 Å². The van der Waals surface area contributed by atoms with Gasteiger partial charge in [-0.15, -0.1) is 11.8 Å². The van der Waals surface area contributed by atoms with Gasteiger partial charge in [0, 0.05) is 28.0 Å². The molecule has 0 bridgehead atoms. The van der Waals surface area contributed by atoms with Crippen LogP contribution in [0.15, 0.2) is 52.4 Å². The summed E-state index contributed by atoms with van der Waals surface area (Å²) in [5, 5.41) is 0.486. The van der Waals surface area contributed by atoms with Gasteiger partial charge in [-0.3, -0.25) is 4.79 Å². The van der Waals surface area contributed by atoms with Crippen LogP contribution in [0, 0.1) is 0 Å². The van der Waals surface area contributed by atoms with E-state index < -0.39 is 0 Å². The van der Waals surface area contributed by atoms with E-state index in [9.17, 15) is 9.59 Å². The third-order valence-electron chi connectivity index (χ3n) is 4.38. The second-order valence-electron chi connectivity index (χ2n) is 7.04. The van der Waals surface area contributed by atoms with Crippen LogP contribution >= 0.6 is 34.9 Å². The summed E-state index contributed by atoms with van der Waals surface area (Å²) in [6, 6.07) is 13.1.